The van der Waals surface area contributed by atoms with E-state index >= 15 is 0 Å². The van der Waals surface area contributed by atoms with Gasteiger partial charge in [0.1, 0.15) is 12.1 Å². The number of imidazole rings is 1. The summed E-state index contributed by atoms with van der Waals surface area (Å²) in [5.41, 5.74) is 6.87. The molecule has 0 saturated heterocycles. The summed E-state index contributed by atoms with van der Waals surface area (Å²) in [6.07, 6.45) is 7.04. The van der Waals surface area contributed by atoms with Crippen molar-refractivity contribution in [2.45, 2.75) is 13.0 Å². The number of aromatic nitrogens is 3. The summed E-state index contributed by atoms with van der Waals surface area (Å²) in [7, 11) is 0. The fourth-order valence-corrected chi connectivity index (χ4v) is 1.36. The first-order valence-electron chi connectivity index (χ1n) is 4.48. The van der Waals surface area contributed by atoms with Crippen LogP contribution < -0.4 is 5.73 Å². The Morgan fingerprint density at radius 3 is 2.93 bits per heavy atom. The summed E-state index contributed by atoms with van der Waals surface area (Å²) in [5.74, 6) is 0.847. The van der Waals surface area contributed by atoms with Crippen LogP contribution in [-0.4, -0.2) is 14.5 Å². The van der Waals surface area contributed by atoms with Gasteiger partial charge in [0.25, 0.3) is 0 Å². The van der Waals surface area contributed by atoms with Crippen LogP contribution >= 0.6 is 0 Å². The van der Waals surface area contributed by atoms with E-state index in [9.17, 15) is 0 Å². The zero-order valence-corrected chi connectivity index (χ0v) is 7.96. The molecule has 4 nitrogen and oxygen atoms in total. The third-order valence-corrected chi connectivity index (χ3v) is 2.06. The fourth-order valence-electron chi connectivity index (χ4n) is 1.36. The molecular formula is C10H12N4. The lowest BCUT2D eigenvalue weighted by Gasteiger charge is -2.11. The molecule has 0 aliphatic carbocycles. The van der Waals surface area contributed by atoms with E-state index in [4.69, 9.17) is 5.73 Å². The van der Waals surface area contributed by atoms with Gasteiger partial charge in [-0.2, -0.15) is 0 Å². The normalized spacial score (nSPS) is 12.7. The SMILES string of the molecule is C[C@H](N)c1cccnc1-n1ccnc1. The average molecular weight is 188 g/mol. The molecule has 0 bridgehead atoms. The molecule has 0 spiro atoms. The van der Waals surface area contributed by atoms with Crippen molar-refractivity contribution in [3.05, 3.63) is 42.6 Å². The minimum Gasteiger partial charge on any atom is -0.324 e. The van der Waals surface area contributed by atoms with E-state index in [1.165, 1.54) is 0 Å². The fraction of sp³-hybridized carbons (Fsp3) is 0.200. The number of rotatable bonds is 2. The molecule has 2 N–H and O–H groups in total. The van der Waals surface area contributed by atoms with Crippen molar-refractivity contribution in [3.63, 3.8) is 0 Å². The first-order valence-corrected chi connectivity index (χ1v) is 4.48. The van der Waals surface area contributed by atoms with Gasteiger partial charge < -0.3 is 5.73 Å². The average Bonchev–Trinajstić information content (AvgIpc) is 2.70. The van der Waals surface area contributed by atoms with Gasteiger partial charge in [-0.3, -0.25) is 4.57 Å². The second-order valence-electron chi connectivity index (χ2n) is 3.17. The molecule has 1 atom stereocenters. The molecule has 0 aliphatic heterocycles. The van der Waals surface area contributed by atoms with Crippen LogP contribution in [0.25, 0.3) is 5.82 Å². The maximum absolute atomic E-state index is 5.85. The number of nitrogens with two attached hydrogens (primary N) is 1. The van der Waals surface area contributed by atoms with Gasteiger partial charge in [-0.15, -0.1) is 0 Å². The van der Waals surface area contributed by atoms with Crippen LogP contribution in [0.5, 0.6) is 0 Å². The first kappa shape index (κ1) is 8.90. The Bertz CT molecular complexity index is 406. The molecule has 2 aromatic heterocycles. The Hall–Kier alpha value is -1.68. The van der Waals surface area contributed by atoms with Crippen molar-refractivity contribution in [3.8, 4) is 5.82 Å². The quantitative estimate of drug-likeness (QED) is 0.772. The van der Waals surface area contributed by atoms with E-state index in [2.05, 4.69) is 9.97 Å². The van der Waals surface area contributed by atoms with Gasteiger partial charge >= 0.3 is 0 Å². The topological polar surface area (TPSA) is 56.7 Å². The molecular weight excluding hydrogens is 176 g/mol. The molecule has 0 unspecified atom stereocenters. The summed E-state index contributed by atoms with van der Waals surface area (Å²) < 4.78 is 1.86. The Labute approximate surface area is 82.4 Å². The van der Waals surface area contributed by atoms with E-state index < -0.39 is 0 Å². The molecule has 4 heteroatoms. The van der Waals surface area contributed by atoms with Gasteiger partial charge in [-0.05, 0) is 13.0 Å². The lowest BCUT2D eigenvalue weighted by Crippen LogP contribution is -2.10. The highest BCUT2D eigenvalue weighted by Crippen LogP contribution is 2.16. The molecule has 14 heavy (non-hydrogen) atoms. The van der Waals surface area contributed by atoms with Gasteiger partial charge in [0.15, 0.2) is 0 Å². The minimum absolute atomic E-state index is 0.0268. The third-order valence-electron chi connectivity index (χ3n) is 2.06. The van der Waals surface area contributed by atoms with Gasteiger partial charge in [0, 0.05) is 30.2 Å². The van der Waals surface area contributed by atoms with Crippen LogP contribution in [0.15, 0.2) is 37.1 Å². The van der Waals surface area contributed by atoms with Crippen LogP contribution in [-0.2, 0) is 0 Å². The summed E-state index contributed by atoms with van der Waals surface area (Å²) in [6, 6.07) is 3.84. The van der Waals surface area contributed by atoms with Crippen LogP contribution in [0.1, 0.15) is 18.5 Å². The van der Waals surface area contributed by atoms with Crippen LogP contribution in [0, 0.1) is 0 Å². The van der Waals surface area contributed by atoms with Crippen molar-refractivity contribution in [2.24, 2.45) is 5.73 Å². The number of nitrogens with zero attached hydrogens (tertiary/aromatic N) is 3. The van der Waals surface area contributed by atoms with Crippen molar-refractivity contribution < 1.29 is 0 Å². The maximum atomic E-state index is 5.85. The molecule has 0 radical (unpaired) electrons. The predicted octanol–water partition coefficient (Wildman–Crippen LogP) is 1.29. The Balaban J connectivity index is 2.53. The van der Waals surface area contributed by atoms with Gasteiger partial charge in [-0.25, -0.2) is 9.97 Å². The zero-order valence-electron chi connectivity index (χ0n) is 7.96. The molecule has 2 heterocycles. The molecule has 2 aromatic rings. The molecule has 72 valence electrons. The Morgan fingerprint density at radius 2 is 2.29 bits per heavy atom. The van der Waals surface area contributed by atoms with Crippen molar-refractivity contribution in [1.29, 1.82) is 0 Å². The monoisotopic (exact) mass is 188 g/mol. The van der Waals surface area contributed by atoms with Crippen molar-refractivity contribution >= 4 is 0 Å². The first-order chi connectivity index (χ1) is 6.79. The molecule has 0 fully saturated rings. The highest BCUT2D eigenvalue weighted by Gasteiger charge is 2.08. The minimum atomic E-state index is -0.0268. The van der Waals surface area contributed by atoms with Crippen LogP contribution in [0.4, 0.5) is 0 Å². The summed E-state index contributed by atoms with van der Waals surface area (Å²) in [5, 5.41) is 0. The highest BCUT2D eigenvalue weighted by molar-refractivity contribution is 5.35. The lowest BCUT2D eigenvalue weighted by molar-refractivity contribution is 0.791. The number of hydrogen-bond donors (Lipinski definition) is 1. The zero-order chi connectivity index (χ0) is 9.97. The summed E-state index contributed by atoms with van der Waals surface area (Å²) in [4.78, 5) is 8.27. The second-order valence-corrected chi connectivity index (χ2v) is 3.17. The van der Waals surface area contributed by atoms with Gasteiger partial charge in [-0.1, -0.05) is 6.07 Å². The van der Waals surface area contributed by atoms with Crippen molar-refractivity contribution in [1.82, 2.24) is 14.5 Å². The third kappa shape index (κ3) is 1.52. The van der Waals surface area contributed by atoms with E-state index in [-0.39, 0.29) is 6.04 Å². The van der Waals surface area contributed by atoms with Crippen LogP contribution in [0.3, 0.4) is 0 Å². The predicted molar refractivity (Wildman–Crippen MR) is 54.0 cm³/mol. The van der Waals surface area contributed by atoms with Gasteiger partial charge in [0.2, 0.25) is 0 Å². The van der Waals surface area contributed by atoms with E-state index in [1.807, 2.05) is 29.8 Å². The standard InChI is InChI=1S/C10H12N4/c1-8(11)9-3-2-4-13-10(9)14-6-5-12-7-14/h2-8H,11H2,1H3/t8-/m0/s1. The summed E-state index contributed by atoms with van der Waals surface area (Å²) >= 11 is 0. The summed E-state index contributed by atoms with van der Waals surface area (Å²) in [6.45, 7) is 1.94. The highest BCUT2D eigenvalue weighted by atomic mass is 15.1. The second kappa shape index (κ2) is 3.59. The van der Waals surface area contributed by atoms with E-state index in [1.54, 1.807) is 18.7 Å². The molecule has 2 rings (SSSR count). The number of pyridine rings is 1. The van der Waals surface area contributed by atoms with Crippen molar-refractivity contribution in [2.75, 3.05) is 0 Å². The van der Waals surface area contributed by atoms with Gasteiger partial charge in [0.05, 0.1) is 0 Å². The Morgan fingerprint density at radius 1 is 1.43 bits per heavy atom. The lowest BCUT2D eigenvalue weighted by atomic mass is 10.1. The molecule has 0 amide bonds. The smallest absolute Gasteiger partial charge is 0.142 e. The largest absolute Gasteiger partial charge is 0.324 e. The Kier molecular flexibility index (Phi) is 2.28. The molecule has 0 aromatic carbocycles. The number of hydrogen-bond acceptors (Lipinski definition) is 3. The maximum Gasteiger partial charge on any atom is 0.142 e. The van der Waals surface area contributed by atoms with E-state index in [0.717, 1.165) is 11.4 Å². The van der Waals surface area contributed by atoms with Crippen LogP contribution in [0.2, 0.25) is 0 Å². The van der Waals surface area contributed by atoms with E-state index in [0.29, 0.717) is 0 Å². The molecule has 0 saturated carbocycles. The molecule has 0 aliphatic rings.